The van der Waals surface area contributed by atoms with Gasteiger partial charge >= 0.3 is 12.2 Å². The number of hydrogen-bond acceptors (Lipinski definition) is 5. The fourth-order valence-corrected chi connectivity index (χ4v) is 6.64. The fourth-order valence-electron chi connectivity index (χ4n) is 6.64. The van der Waals surface area contributed by atoms with E-state index in [0.29, 0.717) is 25.4 Å². The zero-order valence-corrected chi connectivity index (χ0v) is 18.2. The Morgan fingerprint density at radius 1 is 1.09 bits per heavy atom. The normalized spacial score (nSPS) is 34.9. The Bertz CT molecular complexity index is 875. The average molecular weight is 442 g/mol. The Morgan fingerprint density at radius 3 is 2.50 bits per heavy atom. The molecule has 0 radical (unpaired) electrons. The minimum atomic E-state index is -0.480. The largest absolute Gasteiger partial charge is 0.446 e. The Morgan fingerprint density at radius 2 is 1.81 bits per heavy atom. The summed E-state index contributed by atoms with van der Waals surface area (Å²) in [6, 6.07) is 9.35. The van der Waals surface area contributed by atoms with E-state index < -0.39 is 6.09 Å². The van der Waals surface area contributed by atoms with Crippen LogP contribution in [-0.2, 0) is 20.9 Å². The first-order valence-corrected chi connectivity index (χ1v) is 11.6. The van der Waals surface area contributed by atoms with E-state index >= 15 is 0 Å². The van der Waals surface area contributed by atoms with Gasteiger partial charge in [0.1, 0.15) is 12.7 Å². The van der Waals surface area contributed by atoms with Crippen LogP contribution < -0.4 is 11.1 Å². The third-order valence-electron chi connectivity index (χ3n) is 7.93. The van der Waals surface area contributed by atoms with Gasteiger partial charge in [0.25, 0.3) is 0 Å². The van der Waals surface area contributed by atoms with Crippen molar-refractivity contribution in [2.24, 2.45) is 28.9 Å². The van der Waals surface area contributed by atoms with Crippen LogP contribution in [0.1, 0.15) is 44.1 Å². The van der Waals surface area contributed by atoms with Gasteiger partial charge in [0, 0.05) is 13.1 Å². The van der Waals surface area contributed by atoms with E-state index in [0.717, 1.165) is 37.7 Å². The molecular formula is C24H31N3O5. The quantitative estimate of drug-likeness (QED) is 0.730. The molecule has 4 aliphatic carbocycles. The minimum absolute atomic E-state index is 0.130. The molecule has 172 valence electrons. The lowest BCUT2D eigenvalue weighted by molar-refractivity contribution is -0.161. The van der Waals surface area contributed by atoms with E-state index in [1.807, 2.05) is 30.3 Å². The summed E-state index contributed by atoms with van der Waals surface area (Å²) in [4.78, 5) is 38.7. The fraction of sp³-hybridized carbons (Fsp3) is 0.625. The SMILES string of the molecule is NC(=O)[C@]12CC3CC(C1)C(OC(=O)N1CC[C@@H](NC(=O)OCc4ccccc4)C1)[C@H](C3)C2. The first-order valence-electron chi connectivity index (χ1n) is 11.6. The van der Waals surface area contributed by atoms with Crippen LogP contribution in [0.2, 0.25) is 0 Å². The molecule has 1 aromatic carbocycles. The number of alkyl carbamates (subject to hydrolysis) is 1. The van der Waals surface area contributed by atoms with Crippen molar-refractivity contribution in [3.8, 4) is 0 Å². The average Bonchev–Trinajstić information content (AvgIpc) is 3.23. The predicted octanol–water partition coefficient (Wildman–Crippen LogP) is 2.80. The highest BCUT2D eigenvalue weighted by molar-refractivity contribution is 5.81. The van der Waals surface area contributed by atoms with Crippen LogP contribution in [-0.4, -0.2) is 48.2 Å². The number of ether oxygens (including phenoxy) is 2. The molecule has 3 amide bonds. The summed E-state index contributed by atoms with van der Waals surface area (Å²) in [7, 11) is 0. The van der Waals surface area contributed by atoms with Gasteiger partial charge in [0.05, 0.1) is 11.5 Å². The number of primary amides is 1. The van der Waals surface area contributed by atoms with Crippen LogP contribution in [0.3, 0.4) is 0 Å². The van der Waals surface area contributed by atoms with Crippen LogP contribution >= 0.6 is 0 Å². The maximum atomic E-state index is 12.9. The third-order valence-corrected chi connectivity index (χ3v) is 7.93. The second kappa shape index (κ2) is 8.30. The predicted molar refractivity (Wildman–Crippen MR) is 115 cm³/mol. The summed E-state index contributed by atoms with van der Waals surface area (Å²) in [6.07, 6.45) is 4.14. The number of nitrogens with two attached hydrogens (primary N) is 1. The number of amides is 3. The monoisotopic (exact) mass is 441 g/mol. The van der Waals surface area contributed by atoms with E-state index in [4.69, 9.17) is 15.2 Å². The first-order chi connectivity index (χ1) is 15.4. The van der Waals surface area contributed by atoms with Gasteiger partial charge < -0.3 is 25.4 Å². The number of likely N-dealkylation sites (tertiary alicyclic amines) is 1. The Hall–Kier alpha value is -2.77. The molecule has 3 N–H and O–H groups in total. The Kier molecular flexibility index (Phi) is 5.47. The highest BCUT2D eigenvalue weighted by Crippen LogP contribution is 2.60. The molecule has 6 rings (SSSR count). The van der Waals surface area contributed by atoms with Crippen molar-refractivity contribution >= 4 is 18.1 Å². The van der Waals surface area contributed by atoms with E-state index in [2.05, 4.69) is 5.32 Å². The number of carbonyl (C=O) groups is 3. The van der Waals surface area contributed by atoms with Crippen LogP contribution in [0, 0.1) is 23.2 Å². The molecule has 4 saturated carbocycles. The molecule has 1 saturated heterocycles. The summed E-state index contributed by atoms with van der Waals surface area (Å²) >= 11 is 0. The van der Waals surface area contributed by atoms with Crippen molar-refractivity contribution in [3.63, 3.8) is 0 Å². The van der Waals surface area contributed by atoms with Gasteiger partial charge in [0.15, 0.2) is 0 Å². The molecule has 5 fully saturated rings. The molecule has 3 unspecified atom stereocenters. The second-order valence-electron chi connectivity index (χ2n) is 10.1. The third kappa shape index (κ3) is 4.02. The van der Waals surface area contributed by atoms with Gasteiger partial charge in [0.2, 0.25) is 5.91 Å². The second-order valence-corrected chi connectivity index (χ2v) is 10.1. The van der Waals surface area contributed by atoms with Crippen molar-refractivity contribution in [2.45, 2.75) is 57.3 Å². The highest BCUT2D eigenvalue weighted by Gasteiger charge is 2.59. The van der Waals surface area contributed by atoms with Crippen molar-refractivity contribution in [1.82, 2.24) is 10.2 Å². The molecule has 5 aliphatic rings. The lowest BCUT2D eigenvalue weighted by Gasteiger charge is -2.58. The molecule has 1 heterocycles. The van der Waals surface area contributed by atoms with E-state index in [1.54, 1.807) is 4.90 Å². The summed E-state index contributed by atoms with van der Waals surface area (Å²) in [5.74, 6) is 0.788. The molecule has 4 bridgehead atoms. The topological polar surface area (TPSA) is 111 Å². The van der Waals surface area contributed by atoms with Gasteiger partial charge in [-0.05, 0) is 61.8 Å². The number of nitrogens with zero attached hydrogens (tertiary/aromatic N) is 1. The van der Waals surface area contributed by atoms with Gasteiger partial charge in [-0.3, -0.25) is 4.79 Å². The molecule has 1 aliphatic heterocycles. The summed E-state index contributed by atoms with van der Waals surface area (Å²) in [6.45, 7) is 1.16. The van der Waals surface area contributed by atoms with Crippen LogP contribution in [0.25, 0.3) is 0 Å². The maximum Gasteiger partial charge on any atom is 0.410 e. The Balaban J connectivity index is 1.10. The summed E-state index contributed by atoms with van der Waals surface area (Å²) in [5, 5.41) is 2.84. The summed E-state index contributed by atoms with van der Waals surface area (Å²) < 4.78 is 11.3. The van der Waals surface area contributed by atoms with Crippen molar-refractivity contribution < 1.29 is 23.9 Å². The standard InChI is InChI=1S/C24H31N3O5/c25-21(28)24-10-16-8-17(11-24)20(18(9-16)12-24)32-23(30)27-7-6-19(13-27)26-22(29)31-14-15-4-2-1-3-5-15/h1-5,16-20H,6-14H2,(H2,25,28)(H,26,29)/t16?,17-,18?,19-,20?,24+/m1/s1. The van der Waals surface area contributed by atoms with E-state index in [-0.39, 0.29) is 48.0 Å². The molecular weight excluding hydrogens is 410 g/mol. The molecule has 32 heavy (non-hydrogen) atoms. The van der Waals surface area contributed by atoms with Gasteiger partial charge in [-0.1, -0.05) is 30.3 Å². The van der Waals surface area contributed by atoms with Crippen molar-refractivity contribution in [1.29, 1.82) is 0 Å². The first kappa shape index (κ1) is 21.1. The zero-order valence-electron chi connectivity index (χ0n) is 18.2. The number of nitrogens with one attached hydrogen (secondary N) is 1. The lowest BCUT2D eigenvalue weighted by Crippen LogP contribution is -2.59. The highest BCUT2D eigenvalue weighted by atomic mass is 16.6. The molecule has 0 aromatic heterocycles. The van der Waals surface area contributed by atoms with Crippen LogP contribution in [0.5, 0.6) is 0 Å². The number of hydrogen-bond donors (Lipinski definition) is 2. The van der Waals surface area contributed by atoms with Gasteiger partial charge in [-0.15, -0.1) is 0 Å². The molecule has 1 aromatic rings. The molecule has 6 atom stereocenters. The van der Waals surface area contributed by atoms with Crippen molar-refractivity contribution in [3.05, 3.63) is 35.9 Å². The Labute approximate surface area is 187 Å². The maximum absolute atomic E-state index is 12.9. The number of carbonyl (C=O) groups excluding carboxylic acids is 3. The van der Waals surface area contributed by atoms with Crippen LogP contribution in [0.15, 0.2) is 30.3 Å². The smallest absolute Gasteiger partial charge is 0.410 e. The number of benzene rings is 1. The number of rotatable bonds is 5. The minimum Gasteiger partial charge on any atom is -0.446 e. The molecule has 8 heteroatoms. The van der Waals surface area contributed by atoms with Gasteiger partial charge in [-0.2, -0.15) is 0 Å². The lowest BCUT2D eigenvalue weighted by atomic mass is 9.48. The van der Waals surface area contributed by atoms with E-state index in [9.17, 15) is 14.4 Å². The van der Waals surface area contributed by atoms with Crippen molar-refractivity contribution in [2.75, 3.05) is 13.1 Å². The molecule has 8 nitrogen and oxygen atoms in total. The van der Waals surface area contributed by atoms with Gasteiger partial charge in [-0.25, -0.2) is 9.59 Å². The van der Waals surface area contributed by atoms with E-state index in [1.165, 1.54) is 0 Å². The summed E-state index contributed by atoms with van der Waals surface area (Å²) in [5.41, 5.74) is 6.29. The van der Waals surface area contributed by atoms with Crippen LogP contribution in [0.4, 0.5) is 9.59 Å². The zero-order chi connectivity index (χ0) is 22.3. The molecule has 0 spiro atoms.